The lowest BCUT2D eigenvalue weighted by Gasteiger charge is -2.13. The van der Waals surface area contributed by atoms with Gasteiger partial charge in [0, 0.05) is 47.9 Å². The number of carboxylic acids is 1. The standard InChI is InChI=1S/C30H21ClF5N3O4/c1-42-8-7-39-24-10-16(30(40)41)9-22(34)29(24)38-25(39)13-18-21(33)12-19(28(36)27(18)35)23-3-2-4-26(37-23)43-14-15-5-6-17(31)11-20(15)32/h2-6,9-12H,7-8,13-14H2,1H3,(H,40,41). The van der Waals surface area contributed by atoms with E-state index in [9.17, 15) is 18.7 Å². The van der Waals surface area contributed by atoms with Crippen LogP contribution in [0.25, 0.3) is 22.3 Å². The molecule has 0 unspecified atom stereocenters. The third kappa shape index (κ3) is 6.15. The Morgan fingerprint density at radius 2 is 1.74 bits per heavy atom. The predicted molar refractivity (Wildman–Crippen MR) is 147 cm³/mol. The maximum Gasteiger partial charge on any atom is 0.335 e. The molecule has 5 aromatic rings. The molecule has 0 amide bonds. The second-order valence-corrected chi connectivity index (χ2v) is 9.81. The summed E-state index contributed by atoms with van der Waals surface area (Å²) in [5.74, 6) is -7.05. The van der Waals surface area contributed by atoms with Crippen LogP contribution in [0, 0.1) is 29.1 Å². The van der Waals surface area contributed by atoms with Gasteiger partial charge in [0.1, 0.15) is 29.6 Å². The molecular formula is C30H21ClF5N3O4. The molecule has 43 heavy (non-hydrogen) atoms. The molecule has 0 aliphatic rings. The van der Waals surface area contributed by atoms with Gasteiger partial charge in [0.15, 0.2) is 17.5 Å². The number of carbonyl (C=O) groups is 1. The number of hydrogen-bond donors (Lipinski definition) is 1. The zero-order chi connectivity index (χ0) is 30.8. The number of ether oxygens (including phenoxy) is 2. The molecular weight excluding hydrogens is 597 g/mol. The molecule has 222 valence electrons. The minimum atomic E-state index is -1.51. The van der Waals surface area contributed by atoms with Gasteiger partial charge in [0.05, 0.1) is 23.4 Å². The van der Waals surface area contributed by atoms with E-state index in [1.54, 1.807) is 0 Å². The summed E-state index contributed by atoms with van der Waals surface area (Å²) in [4.78, 5) is 19.7. The smallest absolute Gasteiger partial charge is 0.335 e. The first-order chi connectivity index (χ1) is 20.6. The van der Waals surface area contributed by atoms with Gasteiger partial charge in [0.2, 0.25) is 5.88 Å². The van der Waals surface area contributed by atoms with Crippen molar-refractivity contribution < 1.29 is 41.3 Å². The summed E-state index contributed by atoms with van der Waals surface area (Å²) in [7, 11) is 1.40. The van der Waals surface area contributed by atoms with Crippen molar-refractivity contribution in [3.05, 3.63) is 111 Å². The highest BCUT2D eigenvalue weighted by Crippen LogP contribution is 2.31. The van der Waals surface area contributed by atoms with E-state index in [-0.39, 0.29) is 64.3 Å². The topological polar surface area (TPSA) is 86.5 Å². The predicted octanol–water partition coefficient (Wildman–Crippen LogP) is 6.96. The summed E-state index contributed by atoms with van der Waals surface area (Å²) >= 11 is 5.75. The van der Waals surface area contributed by atoms with Gasteiger partial charge in [-0.2, -0.15) is 0 Å². The van der Waals surface area contributed by atoms with Crippen molar-refractivity contribution in [1.82, 2.24) is 14.5 Å². The Hall–Kier alpha value is -4.55. The lowest BCUT2D eigenvalue weighted by atomic mass is 10.0. The summed E-state index contributed by atoms with van der Waals surface area (Å²) in [5, 5.41) is 9.53. The monoisotopic (exact) mass is 617 g/mol. The number of hydrogen-bond acceptors (Lipinski definition) is 5. The number of aromatic nitrogens is 3. The van der Waals surface area contributed by atoms with Crippen molar-refractivity contribution in [1.29, 1.82) is 0 Å². The van der Waals surface area contributed by atoms with E-state index in [1.165, 1.54) is 48.1 Å². The number of pyridine rings is 1. The fourth-order valence-electron chi connectivity index (χ4n) is 4.49. The van der Waals surface area contributed by atoms with Crippen molar-refractivity contribution in [3.63, 3.8) is 0 Å². The average Bonchev–Trinajstić information content (AvgIpc) is 3.33. The molecule has 13 heteroatoms. The van der Waals surface area contributed by atoms with E-state index in [4.69, 9.17) is 21.1 Å². The Morgan fingerprint density at radius 1 is 0.953 bits per heavy atom. The van der Waals surface area contributed by atoms with Gasteiger partial charge < -0.3 is 19.1 Å². The van der Waals surface area contributed by atoms with Gasteiger partial charge in [-0.15, -0.1) is 0 Å². The van der Waals surface area contributed by atoms with Gasteiger partial charge >= 0.3 is 5.97 Å². The number of nitrogens with zero attached hydrogens (tertiary/aromatic N) is 3. The fourth-order valence-corrected chi connectivity index (χ4v) is 4.65. The Labute approximate surface area is 246 Å². The highest BCUT2D eigenvalue weighted by molar-refractivity contribution is 6.30. The zero-order valence-electron chi connectivity index (χ0n) is 22.3. The van der Waals surface area contributed by atoms with E-state index in [0.717, 1.165) is 18.2 Å². The molecule has 0 aliphatic heterocycles. The second kappa shape index (κ2) is 12.4. The van der Waals surface area contributed by atoms with E-state index < -0.39 is 52.6 Å². The third-order valence-electron chi connectivity index (χ3n) is 6.63. The Kier molecular flexibility index (Phi) is 8.60. The van der Waals surface area contributed by atoms with Crippen LogP contribution >= 0.6 is 11.6 Å². The van der Waals surface area contributed by atoms with Gasteiger partial charge in [0.25, 0.3) is 0 Å². The van der Waals surface area contributed by atoms with E-state index in [0.29, 0.717) is 0 Å². The summed E-state index contributed by atoms with van der Waals surface area (Å²) in [6.45, 7) is -0.0993. The van der Waals surface area contributed by atoms with Crippen LogP contribution < -0.4 is 4.74 Å². The number of methoxy groups -OCH3 is 1. The summed E-state index contributed by atoms with van der Waals surface area (Å²) in [5.41, 5.74) is -1.63. The van der Waals surface area contributed by atoms with E-state index in [1.807, 2.05) is 0 Å². The van der Waals surface area contributed by atoms with Crippen LogP contribution in [-0.2, 0) is 24.3 Å². The Balaban J connectivity index is 1.47. The number of rotatable bonds is 10. The van der Waals surface area contributed by atoms with Crippen LogP contribution in [0.5, 0.6) is 5.88 Å². The molecule has 0 fully saturated rings. The molecule has 2 aromatic heterocycles. The Morgan fingerprint density at radius 3 is 2.47 bits per heavy atom. The molecule has 0 radical (unpaired) electrons. The van der Waals surface area contributed by atoms with E-state index in [2.05, 4.69) is 9.97 Å². The maximum atomic E-state index is 15.4. The molecule has 0 saturated carbocycles. The average molecular weight is 618 g/mol. The molecule has 1 N–H and O–H groups in total. The van der Waals surface area contributed by atoms with Crippen molar-refractivity contribution in [2.45, 2.75) is 19.6 Å². The second-order valence-electron chi connectivity index (χ2n) is 9.38. The first-order valence-electron chi connectivity index (χ1n) is 12.7. The molecule has 2 heterocycles. The van der Waals surface area contributed by atoms with Crippen LogP contribution in [0.3, 0.4) is 0 Å². The molecule has 0 atom stereocenters. The van der Waals surface area contributed by atoms with Crippen LogP contribution in [0.15, 0.2) is 54.6 Å². The van der Waals surface area contributed by atoms with Crippen LogP contribution in [0.1, 0.15) is 27.3 Å². The van der Waals surface area contributed by atoms with Crippen LogP contribution in [0.2, 0.25) is 5.02 Å². The molecule has 0 bridgehead atoms. The lowest BCUT2D eigenvalue weighted by molar-refractivity contribution is 0.0696. The van der Waals surface area contributed by atoms with Crippen LogP contribution in [0.4, 0.5) is 22.0 Å². The number of aromatic carboxylic acids is 1. The van der Waals surface area contributed by atoms with E-state index >= 15 is 13.2 Å². The zero-order valence-corrected chi connectivity index (χ0v) is 23.1. The minimum Gasteiger partial charge on any atom is -0.478 e. The molecule has 0 aliphatic carbocycles. The lowest BCUT2D eigenvalue weighted by Crippen LogP contribution is -2.11. The van der Waals surface area contributed by atoms with Crippen molar-refractivity contribution in [3.8, 4) is 17.1 Å². The number of fused-ring (bicyclic) bond motifs is 1. The van der Waals surface area contributed by atoms with Gasteiger partial charge in [-0.3, -0.25) is 0 Å². The first-order valence-corrected chi connectivity index (χ1v) is 13.1. The SMILES string of the molecule is COCCn1c(Cc2c(F)cc(-c3cccc(OCc4ccc(Cl)cc4F)n3)c(F)c2F)nc2c(F)cc(C(=O)O)cc21. The minimum absolute atomic E-state index is 0.0404. The highest BCUT2D eigenvalue weighted by Gasteiger charge is 2.24. The molecule has 7 nitrogen and oxygen atoms in total. The van der Waals surface area contributed by atoms with Crippen molar-refractivity contribution in [2.75, 3.05) is 13.7 Å². The number of carboxylic acid groups (broad SMARTS) is 1. The maximum absolute atomic E-state index is 15.4. The fraction of sp³-hybridized carbons (Fsp3) is 0.167. The Bertz CT molecular complexity index is 1860. The van der Waals surface area contributed by atoms with Crippen molar-refractivity contribution >= 4 is 28.6 Å². The van der Waals surface area contributed by atoms with Gasteiger partial charge in [-0.05, 0) is 36.4 Å². The molecule has 0 spiro atoms. The molecule has 5 rings (SSSR count). The largest absolute Gasteiger partial charge is 0.478 e. The number of imidazole rings is 1. The molecule has 3 aromatic carbocycles. The number of halogens is 6. The first kappa shape index (κ1) is 29.9. The van der Waals surface area contributed by atoms with Gasteiger partial charge in [-0.1, -0.05) is 23.7 Å². The summed E-state index contributed by atoms with van der Waals surface area (Å²) < 4.78 is 86.8. The number of benzene rings is 3. The highest BCUT2D eigenvalue weighted by atomic mass is 35.5. The summed E-state index contributed by atoms with van der Waals surface area (Å²) in [6.07, 6.45) is -0.585. The van der Waals surface area contributed by atoms with Gasteiger partial charge in [-0.25, -0.2) is 36.7 Å². The van der Waals surface area contributed by atoms with Crippen LogP contribution in [-0.4, -0.2) is 39.3 Å². The summed E-state index contributed by atoms with van der Waals surface area (Å²) in [6, 6.07) is 10.9. The van der Waals surface area contributed by atoms with Crippen molar-refractivity contribution in [2.24, 2.45) is 0 Å². The molecule has 0 saturated heterocycles. The normalized spacial score (nSPS) is 11.3. The third-order valence-corrected chi connectivity index (χ3v) is 6.87. The quantitative estimate of drug-likeness (QED) is 0.135.